The maximum absolute atomic E-state index is 2.26. The van der Waals surface area contributed by atoms with Crippen molar-refractivity contribution < 1.29 is 36.8 Å². The van der Waals surface area contributed by atoms with Gasteiger partial charge in [0.1, 0.15) is 0 Å². The van der Waals surface area contributed by atoms with E-state index in [-0.39, 0.29) is 13.8 Å². The molecule has 0 bridgehead atoms. The fourth-order valence-electron chi connectivity index (χ4n) is 3.52. The van der Waals surface area contributed by atoms with E-state index in [1.54, 1.807) is 0 Å². The Morgan fingerprint density at radius 1 is 0.485 bits per heavy atom. The third-order valence-corrected chi connectivity index (χ3v) is 13.3. The second-order valence-electron chi connectivity index (χ2n) is 7.42. The summed E-state index contributed by atoms with van der Waals surface area (Å²) in [6, 6.07) is 51.1. The first kappa shape index (κ1) is 25.1. The predicted octanol–water partition coefficient (Wildman–Crippen LogP) is 3.57. The van der Waals surface area contributed by atoms with Crippen LogP contribution in [0, 0.1) is 0 Å². The quantitative estimate of drug-likeness (QED) is 0.204. The van der Waals surface area contributed by atoms with Gasteiger partial charge in [-0.3, -0.25) is 0 Å². The average molecular weight is 628 g/mol. The van der Waals surface area contributed by atoms with E-state index in [2.05, 4.69) is 146 Å². The SMILES string of the molecule is [Cl-].[H-].[Hf+2]=[Si](c1ccccc1)c1ccccc1.c1ccc2[cH-]ccc2c1.c1ccc2[cH-]ccc2c1. The largest absolute Gasteiger partial charge is 0.168 e. The van der Waals surface area contributed by atoms with E-state index in [0.717, 1.165) is 0 Å². The van der Waals surface area contributed by atoms with Gasteiger partial charge in [0.15, 0.2) is 0 Å². The molecule has 3 heteroatoms. The Labute approximate surface area is 218 Å². The van der Waals surface area contributed by atoms with Gasteiger partial charge in [-0.1, -0.05) is 12.1 Å². The maximum Gasteiger partial charge on any atom is -0.0809 e. The molecule has 0 unspecified atom stereocenters. The molecule has 0 atom stereocenters. The standard InChI is InChI=1S/C12H10Si.2C9H7.ClH.Hf.H/c1-3-7-11(8-4-1)13-12-9-5-2-6-10-12;2*1-2-5-9-7-3-6-8(9)4-1;;;/h1-10H;2*1-7H;1H;;/q;2*-1;;+2;-1/p-1. The van der Waals surface area contributed by atoms with Crippen LogP contribution in [0.5, 0.6) is 0 Å². The predicted molar refractivity (Wildman–Crippen MR) is 138 cm³/mol. The van der Waals surface area contributed by atoms with Crippen LogP contribution >= 0.6 is 0 Å². The Kier molecular flexibility index (Phi) is 10.1. The van der Waals surface area contributed by atoms with E-state index in [9.17, 15) is 0 Å². The Hall–Kier alpha value is -2.52. The third-order valence-electron chi connectivity index (χ3n) is 5.22. The molecular weight excluding hydrogens is 602 g/mol. The second kappa shape index (κ2) is 13.2. The molecule has 6 aromatic rings. The minimum absolute atomic E-state index is 0. The van der Waals surface area contributed by atoms with Crippen molar-refractivity contribution in [2.75, 3.05) is 0 Å². The van der Waals surface area contributed by atoms with Crippen molar-refractivity contribution in [1.29, 1.82) is 0 Å². The minimum atomic E-state index is -0.406. The van der Waals surface area contributed by atoms with Crippen LogP contribution in [0.3, 0.4) is 0 Å². The van der Waals surface area contributed by atoms with Gasteiger partial charge in [-0.2, -0.15) is 35.0 Å². The summed E-state index contributed by atoms with van der Waals surface area (Å²) < 4.78 is 0. The first-order valence-electron chi connectivity index (χ1n) is 10.7. The fourth-order valence-corrected chi connectivity index (χ4v) is 8.49. The Bertz CT molecular complexity index is 1220. The van der Waals surface area contributed by atoms with E-state index in [0.29, 0.717) is 0 Å². The van der Waals surface area contributed by atoms with Gasteiger partial charge in [0.25, 0.3) is 0 Å². The molecule has 0 aliphatic rings. The molecule has 0 aromatic heterocycles. The summed E-state index contributed by atoms with van der Waals surface area (Å²) in [5.74, 6) is 0. The van der Waals surface area contributed by atoms with Crippen LogP contribution in [-0.2, 0) is 23.0 Å². The Morgan fingerprint density at radius 2 is 0.848 bits per heavy atom. The van der Waals surface area contributed by atoms with Crippen molar-refractivity contribution in [1.82, 2.24) is 0 Å². The van der Waals surface area contributed by atoms with Crippen LogP contribution < -0.4 is 22.8 Å². The molecule has 0 aliphatic carbocycles. The number of halogens is 1. The maximum atomic E-state index is 2.26. The molecule has 6 rings (SSSR count). The van der Waals surface area contributed by atoms with Crippen LogP contribution in [0.2, 0.25) is 0 Å². The summed E-state index contributed by atoms with van der Waals surface area (Å²) in [4.78, 5) is 0. The van der Waals surface area contributed by atoms with Crippen molar-refractivity contribution in [2.45, 2.75) is 0 Å². The number of hydrogen-bond donors (Lipinski definition) is 0. The van der Waals surface area contributed by atoms with Crippen LogP contribution in [0.15, 0.2) is 146 Å². The summed E-state index contributed by atoms with van der Waals surface area (Å²) in [6.07, 6.45) is 0. The zero-order valence-corrected chi connectivity index (χ0v) is 23.6. The monoisotopic (exact) mass is 628 g/mol. The van der Waals surface area contributed by atoms with E-state index >= 15 is 0 Å². The fraction of sp³-hybridized carbons (Fsp3) is 0. The molecule has 0 saturated heterocycles. The molecule has 0 nitrogen and oxygen atoms in total. The van der Waals surface area contributed by atoms with Crippen LogP contribution in [0.4, 0.5) is 0 Å². The molecule has 0 aliphatic heterocycles. The van der Waals surface area contributed by atoms with E-state index < -0.39 is 5.49 Å². The minimum Gasteiger partial charge on any atom is -0.168 e. The second-order valence-corrected chi connectivity index (χ2v) is 14.7. The van der Waals surface area contributed by atoms with E-state index in [1.807, 2.05) is 0 Å². The van der Waals surface area contributed by atoms with Gasteiger partial charge in [-0.25, -0.2) is 0 Å². The van der Waals surface area contributed by atoms with E-state index in [1.165, 1.54) is 54.9 Å². The number of hydrogen-bond acceptors (Lipinski definition) is 0. The third kappa shape index (κ3) is 7.23. The van der Waals surface area contributed by atoms with Crippen molar-refractivity contribution >= 4 is 37.4 Å². The summed E-state index contributed by atoms with van der Waals surface area (Å²) >= 11 is 1.27. The van der Waals surface area contributed by atoms with Gasteiger partial charge >= 0.3 is 99.5 Å². The topological polar surface area (TPSA) is 0 Å². The van der Waals surface area contributed by atoms with Gasteiger partial charge in [0.05, 0.1) is 0 Å². The smallest absolute Gasteiger partial charge is 0.0809 e. The summed E-state index contributed by atoms with van der Waals surface area (Å²) in [6.45, 7) is 0. The molecule has 0 radical (unpaired) electrons. The molecular formula is C30H25ClHfSi-2. The molecule has 0 N–H and O–H groups in total. The van der Waals surface area contributed by atoms with Gasteiger partial charge in [0.2, 0.25) is 0 Å². The van der Waals surface area contributed by atoms with E-state index in [4.69, 9.17) is 0 Å². The first-order valence-corrected chi connectivity index (χ1v) is 17.6. The summed E-state index contributed by atoms with van der Waals surface area (Å²) in [5.41, 5.74) is -0.406. The van der Waals surface area contributed by atoms with Crippen molar-refractivity contribution in [3.05, 3.63) is 146 Å². The Morgan fingerprint density at radius 3 is 1.24 bits per heavy atom. The first-order chi connectivity index (χ1) is 15.8. The molecule has 0 saturated carbocycles. The van der Waals surface area contributed by atoms with Crippen LogP contribution in [0.1, 0.15) is 1.43 Å². The molecule has 33 heavy (non-hydrogen) atoms. The van der Waals surface area contributed by atoms with Crippen LogP contribution in [-0.4, -0.2) is 5.49 Å². The summed E-state index contributed by atoms with van der Waals surface area (Å²) in [7, 11) is 0. The zero-order chi connectivity index (χ0) is 22.0. The molecule has 0 amide bonds. The average Bonchev–Trinajstić information content (AvgIpc) is 3.55. The number of rotatable bonds is 2. The van der Waals surface area contributed by atoms with Gasteiger partial charge in [0, 0.05) is 0 Å². The molecule has 0 spiro atoms. The van der Waals surface area contributed by atoms with Crippen molar-refractivity contribution in [3.8, 4) is 0 Å². The van der Waals surface area contributed by atoms with Gasteiger partial charge in [-0.05, 0) is 0 Å². The molecule has 0 heterocycles. The van der Waals surface area contributed by atoms with Gasteiger partial charge < -0.3 is 13.8 Å². The molecule has 0 fully saturated rings. The Balaban J connectivity index is 0.000000181. The molecule has 6 aromatic carbocycles. The van der Waals surface area contributed by atoms with Gasteiger partial charge in [-0.15, -0.1) is 59.3 Å². The van der Waals surface area contributed by atoms with Crippen molar-refractivity contribution in [3.63, 3.8) is 0 Å². The number of benzene rings is 4. The number of fused-ring (bicyclic) bond motifs is 2. The van der Waals surface area contributed by atoms with Crippen LogP contribution in [0.25, 0.3) is 21.5 Å². The molecule has 162 valence electrons. The zero-order valence-electron chi connectivity index (χ0n) is 19.2. The van der Waals surface area contributed by atoms with Crippen molar-refractivity contribution in [2.24, 2.45) is 0 Å². The normalized spacial score (nSPS) is 9.76. The summed E-state index contributed by atoms with van der Waals surface area (Å²) in [5, 5.41) is 8.40.